The second-order valence-corrected chi connectivity index (χ2v) is 3.94. The molecule has 0 bridgehead atoms. The van der Waals surface area contributed by atoms with E-state index in [2.05, 4.69) is 0 Å². The summed E-state index contributed by atoms with van der Waals surface area (Å²) in [7, 11) is 2.63. The molecule has 0 amide bonds. The normalized spacial score (nSPS) is 13.3. The molecular weight excluding hydrogens is 244 g/mol. The lowest BCUT2D eigenvalue weighted by Gasteiger charge is -2.20. The van der Waals surface area contributed by atoms with Crippen LogP contribution in [0.2, 0.25) is 0 Å². The van der Waals surface area contributed by atoms with E-state index in [0.29, 0.717) is 0 Å². The molecule has 6 heteroatoms. The van der Waals surface area contributed by atoms with Crippen molar-refractivity contribution in [3.8, 4) is 11.5 Å². The summed E-state index contributed by atoms with van der Waals surface area (Å²) in [6.45, 7) is 0.688. The van der Waals surface area contributed by atoms with Gasteiger partial charge in [-0.25, -0.2) is 8.78 Å². The number of hydrogen-bond acceptors (Lipinski definition) is 4. The van der Waals surface area contributed by atoms with E-state index >= 15 is 0 Å². The van der Waals surface area contributed by atoms with Crippen molar-refractivity contribution in [2.24, 2.45) is 5.73 Å². The lowest BCUT2D eigenvalue weighted by atomic mass is 10.0. The zero-order valence-corrected chi connectivity index (χ0v) is 10.5. The fourth-order valence-electron chi connectivity index (χ4n) is 1.64. The Labute approximate surface area is 104 Å². The molecule has 3 N–H and O–H groups in total. The molecule has 102 valence electrons. The molecule has 0 fully saturated rings. The predicted molar refractivity (Wildman–Crippen MR) is 63.1 cm³/mol. The minimum Gasteiger partial charge on any atom is -0.493 e. The van der Waals surface area contributed by atoms with E-state index in [1.54, 1.807) is 0 Å². The Morgan fingerprint density at radius 3 is 2.33 bits per heavy atom. The van der Waals surface area contributed by atoms with Gasteiger partial charge in [-0.3, -0.25) is 0 Å². The summed E-state index contributed by atoms with van der Waals surface area (Å²) >= 11 is 0. The molecule has 4 nitrogen and oxygen atoms in total. The lowest BCUT2D eigenvalue weighted by Crippen LogP contribution is -2.15. The maximum atomic E-state index is 13.5. The van der Waals surface area contributed by atoms with Crippen LogP contribution in [0, 0.1) is 0 Å². The van der Waals surface area contributed by atoms with Gasteiger partial charge in [0.1, 0.15) is 0 Å². The van der Waals surface area contributed by atoms with Crippen molar-refractivity contribution in [3.05, 3.63) is 23.3 Å². The number of aliphatic hydroxyl groups excluding tert-OH is 1. The number of halogens is 2. The van der Waals surface area contributed by atoms with Crippen LogP contribution in [0.4, 0.5) is 8.78 Å². The number of aliphatic hydroxyl groups is 1. The number of rotatable bonds is 5. The first-order valence-corrected chi connectivity index (χ1v) is 5.37. The van der Waals surface area contributed by atoms with Crippen LogP contribution in [0.1, 0.15) is 24.2 Å². The summed E-state index contributed by atoms with van der Waals surface area (Å²) < 4.78 is 37.0. The van der Waals surface area contributed by atoms with Crippen LogP contribution in [0.5, 0.6) is 11.5 Å². The Bertz CT molecular complexity index is 419. The number of benzene rings is 1. The summed E-state index contributed by atoms with van der Waals surface area (Å²) in [5.41, 5.74) is 5.24. The van der Waals surface area contributed by atoms with Crippen molar-refractivity contribution < 1.29 is 23.4 Å². The van der Waals surface area contributed by atoms with Crippen molar-refractivity contribution in [3.63, 3.8) is 0 Å². The van der Waals surface area contributed by atoms with Gasteiger partial charge in [-0.15, -0.1) is 0 Å². The minimum absolute atomic E-state index is 0.0435. The van der Waals surface area contributed by atoms with Crippen molar-refractivity contribution in [2.75, 3.05) is 20.8 Å². The Balaban J connectivity index is 3.46. The van der Waals surface area contributed by atoms with Crippen molar-refractivity contribution >= 4 is 0 Å². The molecule has 0 aliphatic heterocycles. The molecule has 1 unspecified atom stereocenters. The molecule has 1 aromatic rings. The third-order valence-electron chi connectivity index (χ3n) is 2.58. The van der Waals surface area contributed by atoms with Gasteiger partial charge in [0.25, 0.3) is 5.92 Å². The molecule has 1 atom stereocenters. The van der Waals surface area contributed by atoms with Crippen LogP contribution >= 0.6 is 0 Å². The number of ether oxygens (including phenoxy) is 2. The minimum atomic E-state index is -3.11. The summed E-state index contributed by atoms with van der Waals surface area (Å²) in [5.74, 6) is -3.01. The SMILES string of the molecule is COc1cc(C(O)CN)cc(C(C)(F)F)c1OC. The molecule has 18 heavy (non-hydrogen) atoms. The van der Waals surface area contributed by atoms with Crippen molar-refractivity contribution in [2.45, 2.75) is 19.0 Å². The quantitative estimate of drug-likeness (QED) is 0.848. The highest BCUT2D eigenvalue weighted by atomic mass is 19.3. The van der Waals surface area contributed by atoms with E-state index in [-0.39, 0.29) is 29.2 Å². The highest BCUT2D eigenvalue weighted by Gasteiger charge is 2.31. The van der Waals surface area contributed by atoms with Gasteiger partial charge in [0.2, 0.25) is 0 Å². The van der Waals surface area contributed by atoms with E-state index in [0.717, 1.165) is 6.92 Å². The van der Waals surface area contributed by atoms with Crippen LogP contribution in [0.3, 0.4) is 0 Å². The third-order valence-corrected chi connectivity index (χ3v) is 2.58. The Hall–Kier alpha value is -1.40. The Morgan fingerprint density at radius 1 is 1.33 bits per heavy atom. The Kier molecular flexibility index (Phi) is 4.48. The molecule has 0 aliphatic rings. The van der Waals surface area contributed by atoms with Gasteiger partial charge < -0.3 is 20.3 Å². The fourth-order valence-corrected chi connectivity index (χ4v) is 1.64. The zero-order chi connectivity index (χ0) is 13.9. The van der Waals surface area contributed by atoms with Gasteiger partial charge in [0, 0.05) is 13.5 Å². The summed E-state index contributed by atoms with van der Waals surface area (Å²) in [6, 6.07) is 2.62. The standard InChI is InChI=1S/C12H17F2NO3/c1-12(13,14)8-4-7(9(16)6-15)5-10(17-2)11(8)18-3/h4-5,9,16H,6,15H2,1-3H3. The number of hydrogen-bond donors (Lipinski definition) is 2. The molecular formula is C12H17F2NO3. The topological polar surface area (TPSA) is 64.7 Å². The molecule has 0 radical (unpaired) electrons. The van der Waals surface area contributed by atoms with Crippen LogP contribution < -0.4 is 15.2 Å². The number of methoxy groups -OCH3 is 2. The first kappa shape index (κ1) is 14.7. The van der Waals surface area contributed by atoms with Gasteiger partial charge in [0.15, 0.2) is 11.5 Å². The average Bonchev–Trinajstić information content (AvgIpc) is 2.34. The molecule has 0 saturated carbocycles. The summed E-state index contributed by atoms with van der Waals surface area (Å²) in [5, 5.41) is 9.64. The second-order valence-electron chi connectivity index (χ2n) is 3.94. The zero-order valence-electron chi connectivity index (χ0n) is 10.5. The first-order valence-electron chi connectivity index (χ1n) is 5.37. The van der Waals surface area contributed by atoms with Crippen LogP contribution in [0.25, 0.3) is 0 Å². The Morgan fingerprint density at radius 2 is 1.94 bits per heavy atom. The first-order chi connectivity index (χ1) is 8.35. The van der Waals surface area contributed by atoms with Crippen LogP contribution in [0.15, 0.2) is 12.1 Å². The molecule has 0 heterocycles. The summed E-state index contributed by atoms with van der Waals surface area (Å²) in [4.78, 5) is 0. The molecule has 0 aliphatic carbocycles. The smallest absolute Gasteiger partial charge is 0.274 e. The van der Waals surface area contributed by atoms with Gasteiger partial charge in [0.05, 0.1) is 25.9 Å². The molecule has 1 aromatic carbocycles. The molecule has 0 aromatic heterocycles. The van der Waals surface area contributed by atoms with Gasteiger partial charge in [-0.05, 0) is 17.7 Å². The average molecular weight is 261 g/mol. The van der Waals surface area contributed by atoms with Gasteiger partial charge in [-0.1, -0.05) is 0 Å². The number of alkyl halides is 2. The van der Waals surface area contributed by atoms with E-state index in [9.17, 15) is 13.9 Å². The maximum absolute atomic E-state index is 13.5. The number of nitrogens with two attached hydrogens (primary N) is 1. The maximum Gasteiger partial charge on any atom is 0.274 e. The van der Waals surface area contributed by atoms with Gasteiger partial charge >= 0.3 is 0 Å². The monoisotopic (exact) mass is 261 g/mol. The van der Waals surface area contributed by atoms with Crippen molar-refractivity contribution in [1.29, 1.82) is 0 Å². The summed E-state index contributed by atoms with van der Waals surface area (Å²) in [6.07, 6.45) is -1.02. The molecule has 0 spiro atoms. The van der Waals surface area contributed by atoms with E-state index in [1.807, 2.05) is 0 Å². The highest BCUT2D eigenvalue weighted by molar-refractivity contribution is 5.51. The third kappa shape index (κ3) is 2.88. The lowest BCUT2D eigenvalue weighted by molar-refractivity contribution is 0.0144. The van der Waals surface area contributed by atoms with E-state index in [1.165, 1.54) is 26.4 Å². The fraction of sp³-hybridized carbons (Fsp3) is 0.500. The van der Waals surface area contributed by atoms with Crippen LogP contribution in [-0.4, -0.2) is 25.9 Å². The van der Waals surface area contributed by atoms with Gasteiger partial charge in [-0.2, -0.15) is 0 Å². The second kappa shape index (κ2) is 5.49. The van der Waals surface area contributed by atoms with E-state index < -0.39 is 12.0 Å². The van der Waals surface area contributed by atoms with Crippen molar-refractivity contribution in [1.82, 2.24) is 0 Å². The van der Waals surface area contributed by atoms with Crippen LogP contribution in [-0.2, 0) is 5.92 Å². The van der Waals surface area contributed by atoms with E-state index in [4.69, 9.17) is 15.2 Å². The predicted octanol–water partition coefficient (Wildman–Crippen LogP) is 1.81. The largest absolute Gasteiger partial charge is 0.493 e. The molecule has 1 rings (SSSR count). The highest BCUT2D eigenvalue weighted by Crippen LogP contribution is 2.42. The molecule has 0 saturated heterocycles.